The number of nitrogens with zero attached hydrogens (tertiary/aromatic N) is 3. The summed E-state index contributed by atoms with van der Waals surface area (Å²) in [6.07, 6.45) is 0.934. The molecule has 0 bridgehead atoms. The standard InChI is InChI=1S/C19H32N4O2/c1-16-5-4-6-18(15-16)23-11-9-22(10-12-23)8-7-17(2)20-19(25)21(3)13-14-24/h4-6,15,17,24H,7-14H2,1-3H3,(H,20,25). The first kappa shape index (κ1) is 19.5. The number of benzene rings is 1. The van der Waals surface area contributed by atoms with Gasteiger partial charge in [-0.15, -0.1) is 0 Å². The first-order chi connectivity index (χ1) is 12.0. The average molecular weight is 348 g/mol. The molecule has 1 heterocycles. The Hall–Kier alpha value is -1.79. The second kappa shape index (κ2) is 9.63. The minimum atomic E-state index is -0.120. The molecule has 2 amide bonds. The molecule has 140 valence electrons. The van der Waals surface area contributed by atoms with Crippen LogP contribution in [0.1, 0.15) is 18.9 Å². The maximum absolute atomic E-state index is 11.9. The summed E-state index contributed by atoms with van der Waals surface area (Å²) < 4.78 is 0. The van der Waals surface area contributed by atoms with Gasteiger partial charge < -0.3 is 20.2 Å². The number of nitrogens with one attached hydrogen (secondary N) is 1. The van der Waals surface area contributed by atoms with E-state index in [-0.39, 0.29) is 18.7 Å². The third kappa shape index (κ3) is 6.21. The molecule has 2 rings (SSSR count). The molecule has 2 N–H and O–H groups in total. The van der Waals surface area contributed by atoms with E-state index in [0.717, 1.165) is 39.1 Å². The predicted molar refractivity (Wildman–Crippen MR) is 102 cm³/mol. The highest BCUT2D eigenvalue weighted by Crippen LogP contribution is 2.17. The van der Waals surface area contributed by atoms with Crippen molar-refractivity contribution in [3.8, 4) is 0 Å². The molecule has 6 heteroatoms. The zero-order valence-corrected chi connectivity index (χ0v) is 15.7. The number of aliphatic hydroxyl groups excluding tert-OH is 1. The highest BCUT2D eigenvalue weighted by Gasteiger charge is 2.18. The molecular formula is C19H32N4O2. The third-order valence-electron chi connectivity index (χ3n) is 4.77. The first-order valence-electron chi connectivity index (χ1n) is 9.16. The number of urea groups is 1. The number of aryl methyl sites for hydroxylation is 1. The van der Waals surface area contributed by atoms with Crippen molar-refractivity contribution in [1.29, 1.82) is 0 Å². The van der Waals surface area contributed by atoms with Gasteiger partial charge in [-0.3, -0.25) is 4.90 Å². The fourth-order valence-corrected chi connectivity index (χ4v) is 3.08. The Morgan fingerprint density at radius 3 is 2.68 bits per heavy atom. The summed E-state index contributed by atoms with van der Waals surface area (Å²) >= 11 is 0. The Labute approximate surface area is 151 Å². The number of hydrogen-bond acceptors (Lipinski definition) is 4. The van der Waals surface area contributed by atoms with Gasteiger partial charge in [0, 0.05) is 58.0 Å². The quantitative estimate of drug-likeness (QED) is 0.785. The van der Waals surface area contributed by atoms with Crippen LogP contribution in [0.25, 0.3) is 0 Å². The molecule has 1 saturated heterocycles. The lowest BCUT2D eigenvalue weighted by Crippen LogP contribution is -2.48. The summed E-state index contributed by atoms with van der Waals surface area (Å²) in [5.41, 5.74) is 2.61. The summed E-state index contributed by atoms with van der Waals surface area (Å²) in [5.74, 6) is 0. The second-order valence-corrected chi connectivity index (χ2v) is 6.95. The molecule has 1 aromatic carbocycles. The van der Waals surface area contributed by atoms with Crippen LogP contribution in [-0.4, -0.2) is 79.9 Å². The van der Waals surface area contributed by atoms with Crippen molar-refractivity contribution in [2.45, 2.75) is 26.3 Å². The molecule has 1 atom stereocenters. The topological polar surface area (TPSA) is 59.0 Å². The molecule has 1 fully saturated rings. The minimum Gasteiger partial charge on any atom is -0.395 e. The van der Waals surface area contributed by atoms with Crippen LogP contribution < -0.4 is 10.2 Å². The second-order valence-electron chi connectivity index (χ2n) is 6.95. The summed E-state index contributed by atoms with van der Waals surface area (Å²) in [6, 6.07) is 8.69. The molecule has 0 saturated carbocycles. The van der Waals surface area contributed by atoms with E-state index in [4.69, 9.17) is 5.11 Å². The molecule has 1 unspecified atom stereocenters. The van der Waals surface area contributed by atoms with Crippen molar-refractivity contribution >= 4 is 11.7 Å². The first-order valence-corrected chi connectivity index (χ1v) is 9.16. The van der Waals surface area contributed by atoms with Crippen molar-refractivity contribution in [2.24, 2.45) is 0 Å². The summed E-state index contributed by atoms with van der Waals surface area (Å²) in [6.45, 7) is 9.71. The van der Waals surface area contributed by atoms with Crippen LogP contribution in [0.15, 0.2) is 24.3 Å². The molecule has 0 spiro atoms. The summed E-state index contributed by atoms with van der Waals surface area (Å²) in [7, 11) is 1.70. The maximum atomic E-state index is 11.9. The number of carbonyl (C=O) groups excluding carboxylic acids is 1. The van der Waals surface area contributed by atoms with Gasteiger partial charge in [0.15, 0.2) is 0 Å². The zero-order chi connectivity index (χ0) is 18.2. The van der Waals surface area contributed by atoms with Crippen LogP contribution in [0, 0.1) is 6.92 Å². The number of aliphatic hydroxyl groups is 1. The fraction of sp³-hybridized carbons (Fsp3) is 0.632. The molecule has 1 aliphatic heterocycles. The van der Waals surface area contributed by atoms with Crippen LogP contribution in [0.4, 0.5) is 10.5 Å². The maximum Gasteiger partial charge on any atom is 0.317 e. The number of likely N-dealkylation sites (N-methyl/N-ethyl adjacent to an activating group) is 1. The van der Waals surface area contributed by atoms with Crippen LogP contribution in [-0.2, 0) is 0 Å². The number of anilines is 1. The summed E-state index contributed by atoms with van der Waals surface area (Å²) in [4.78, 5) is 18.3. The molecule has 1 aromatic rings. The molecule has 1 aliphatic rings. The number of amides is 2. The molecular weight excluding hydrogens is 316 g/mol. The van der Waals surface area contributed by atoms with Crippen molar-refractivity contribution in [1.82, 2.24) is 15.1 Å². The highest BCUT2D eigenvalue weighted by molar-refractivity contribution is 5.74. The van der Waals surface area contributed by atoms with Gasteiger partial charge in [-0.1, -0.05) is 12.1 Å². The zero-order valence-electron chi connectivity index (χ0n) is 15.7. The van der Waals surface area contributed by atoms with Crippen LogP contribution in [0.3, 0.4) is 0 Å². The minimum absolute atomic E-state index is 0.0104. The Balaban J connectivity index is 1.69. The van der Waals surface area contributed by atoms with Crippen LogP contribution in [0.5, 0.6) is 0 Å². The third-order valence-corrected chi connectivity index (χ3v) is 4.77. The van der Waals surface area contributed by atoms with Gasteiger partial charge in [0.05, 0.1) is 6.61 Å². The van der Waals surface area contributed by atoms with Crippen molar-refractivity contribution in [3.05, 3.63) is 29.8 Å². The van der Waals surface area contributed by atoms with E-state index < -0.39 is 0 Å². The number of carbonyl (C=O) groups is 1. The molecule has 0 radical (unpaired) electrons. The predicted octanol–water partition coefficient (Wildman–Crippen LogP) is 1.53. The van der Waals surface area contributed by atoms with Crippen LogP contribution in [0.2, 0.25) is 0 Å². The van der Waals surface area contributed by atoms with E-state index in [0.29, 0.717) is 6.54 Å². The van der Waals surface area contributed by atoms with Gasteiger partial charge in [0.2, 0.25) is 0 Å². The SMILES string of the molecule is Cc1cccc(N2CCN(CCC(C)NC(=O)N(C)CCO)CC2)c1. The lowest BCUT2D eigenvalue weighted by molar-refractivity contribution is 0.185. The largest absolute Gasteiger partial charge is 0.395 e. The van der Waals surface area contributed by atoms with Gasteiger partial charge in [-0.2, -0.15) is 0 Å². The normalized spacial score (nSPS) is 16.6. The van der Waals surface area contributed by atoms with E-state index >= 15 is 0 Å². The van der Waals surface area contributed by atoms with Gasteiger partial charge >= 0.3 is 6.03 Å². The Bertz CT molecular complexity index is 544. The molecule has 6 nitrogen and oxygen atoms in total. The lowest BCUT2D eigenvalue weighted by atomic mass is 10.1. The van der Waals surface area contributed by atoms with Crippen LogP contribution >= 0.6 is 0 Å². The van der Waals surface area contributed by atoms with Crippen molar-refractivity contribution in [2.75, 3.05) is 57.8 Å². The lowest BCUT2D eigenvalue weighted by Gasteiger charge is -2.36. The highest BCUT2D eigenvalue weighted by atomic mass is 16.3. The molecule has 25 heavy (non-hydrogen) atoms. The smallest absolute Gasteiger partial charge is 0.317 e. The van der Waals surface area contributed by atoms with Gasteiger partial charge in [0.25, 0.3) is 0 Å². The monoisotopic (exact) mass is 348 g/mol. The van der Waals surface area contributed by atoms with Crippen molar-refractivity contribution < 1.29 is 9.90 Å². The van der Waals surface area contributed by atoms with E-state index in [9.17, 15) is 4.79 Å². The Kier molecular flexibility index (Phi) is 7.52. The van der Waals surface area contributed by atoms with E-state index in [1.165, 1.54) is 16.2 Å². The van der Waals surface area contributed by atoms with Gasteiger partial charge in [0.1, 0.15) is 0 Å². The molecule has 0 aliphatic carbocycles. The number of piperazine rings is 1. The fourth-order valence-electron chi connectivity index (χ4n) is 3.08. The van der Waals surface area contributed by atoms with E-state index in [1.54, 1.807) is 7.05 Å². The van der Waals surface area contributed by atoms with E-state index in [2.05, 4.69) is 46.3 Å². The number of rotatable bonds is 7. The van der Waals surface area contributed by atoms with Gasteiger partial charge in [-0.05, 0) is 38.0 Å². The van der Waals surface area contributed by atoms with Gasteiger partial charge in [-0.25, -0.2) is 4.79 Å². The Morgan fingerprint density at radius 1 is 1.32 bits per heavy atom. The van der Waals surface area contributed by atoms with Crippen molar-refractivity contribution in [3.63, 3.8) is 0 Å². The average Bonchev–Trinajstić information content (AvgIpc) is 2.60. The van der Waals surface area contributed by atoms with E-state index in [1.807, 2.05) is 6.92 Å². The Morgan fingerprint density at radius 2 is 2.04 bits per heavy atom. The number of hydrogen-bond donors (Lipinski definition) is 2. The summed E-state index contributed by atoms with van der Waals surface area (Å²) in [5, 5.41) is 11.9. The molecule has 0 aromatic heterocycles.